The Hall–Kier alpha value is -3.40. The maximum Gasteiger partial charge on any atom is 0.248 e. The van der Waals surface area contributed by atoms with Crippen LogP contribution in [-0.4, -0.2) is 15.9 Å². The molecule has 1 amide bonds. The van der Waals surface area contributed by atoms with Gasteiger partial charge in [0, 0.05) is 28.9 Å². The van der Waals surface area contributed by atoms with E-state index >= 15 is 0 Å². The van der Waals surface area contributed by atoms with Crippen LogP contribution < -0.4 is 5.73 Å². The van der Waals surface area contributed by atoms with Crippen molar-refractivity contribution in [1.29, 1.82) is 0 Å². The lowest BCUT2D eigenvalue weighted by molar-refractivity contribution is 0.100. The Kier molecular flexibility index (Phi) is 4.23. The highest BCUT2D eigenvalue weighted by molar-refractivity contribution is 5.96. The normalized spacial score (nSPS) is 10.9. The smallest absolute Gasteiger partial charge is 0.248 e. The van der Waals surface area contributed by atoms with Crippen molar-refractivity contribution in [3.63, 3.8) is 0 Å². The summed E-state index contributed by atoms with van der Waals surface area (Å²) >= 11 is 0. The molecule has 0 aliphatic rings. The third-order valence-corrected chi connectivity index (χ3v) is 4.61. The van der Waals surface area contributed by atoms with E-state index in [-0.39, 0.29) is 0 Å². The summed E-state index contributed by atoms with van der Waals surface area (Å²) in [6.07, 6.45) is 5.82. The minimum absolute atomic E-state index is 0.416. The van der Waals surface area contributed by atoms with Crippen LogP contribution in [-0.2, 0) is 12.8 Å². The number of hydrogen-bond acceptors (Lipinski definition) is 2. The van der Waals surface area contributed by atoms with Crippen molar-refractivity contribution in [1.82, 2.24) is 9.97 Å². The predicted octanol–water partition coefficient (Wildman–Crippen LogP) is 4.11. The van der Waals surface area contributed by atoms with Crippen molar-refractivity contribution < 1.29 is 4.79 Å². The molecule has 2 heterocycles. The van der Waals surface area contributed by atoms with E-state index in [1.165, 1.54) is 11.1 Å². The summed E-state index contributed by atoms with van der Waals surface area (Å²) in [6, 6.07) is 20.0. The van der Waals surface area contributed by atoms with E-state index < -0.39 is 5.91 Å². The highest BCUT2D eigenvalue weighted by Gasteiger charge is 2.09. The van der Waals surface area contributed by atoms with E-state index in [2.05, 4.69) is 40.3 Å². The van der Waals surface area contributed by atoms with Crippen LogP contribution in [0.5, 0.6) is 0 Å². The third kappa shape index (κ3) is 3.22. The van der Waals surface area contributed by atoms with Crippen LogP contribution in [0, 0.1) is 0 Å². The lowest BCUT2D eigenvalue weighted by Gasteiger charge is -2.04. The fraction of sp³-hybridized carbons (Fsp3) is 0.0909. The zero-order valence-corrected chi connectivity index (χ0v) is 14.3. The van der Waals surface area contributed by atoms with Crippen LogP contribution in [0.25, 0.3) is 22.2 Å². The summed E-state index contributed by atoms with van der Waals surface area (Å²) in [5.74, 6) is -0.416. The second-order valence-corrected chi connectivity index (χ2v) is 6.37. The zero-order chi connectivity index (χ0) is 17.9. The largest absolute Gasteiger partial charge is 0.366 e. The first-order chi connectivity index (χ1) is 12.7. The van der Waals surface area contributed by atoms with E-state index in [1.54, 1.807) is 12.1 Å². The molecule has 0 radical (unpaired) electrons. The average molecular weight is 341 g/mol. The van der Waals surface area contributed by atoms with Crippen LogP contribution in [0.3, 0.4) is 0 Å². The van der Waals surface area contributed by atoms with Crippen molar-refractivity contribution in [3.05, 3.63) is 89.7 Å². The number of aromatic amines is 1. The van der Waals surface area contributed by atoms with Gasteiger partial charge >= 0.3 is 0 Å². The molecule has 4 rings (SSSR count). The minimum atomic E-state index is -0.416. The van der Waals surface area contributed by atoms with Gasteiger partial charge in [0.1, 0.15) is 5.65 Å². The first-order valence-electron chi connectivity index (χ1n) is 8.61. The summed E-state index contributed by atoms with van der Waals surface area (Å²) in [4.78, 5) is 19.0. The molecule has 26 heavy (non-hydrogen) atoms. The first-order valence-corrected chi connectivity index (χ1v) is 8.61. The summed E-state index contributed by atoms with van der Waals surface area (Å²) in [7, 11) is 0. The quantitative estimate of drug-likeness (QED) is 0.573. The van der Waals surface area contributed by atoms with Crippen LogP contribution >= 0.6 is 0 Å². The maximum absolute atomic E-state index is 11.3. The van der Waals surface area contributed by atoms with Crippen LogP contribution in [0.2, 0.25) is 0 Å². The molecule has 4 heteroatoms. The van der Waals surface area contributed by atoms with Gasteiger partial charge in [0.2, 0.25) is 5.91 Å². The second-order valence-electron chi connectivity index (χ2n) is 6.37. The molecule has 0 saturated heterocycles. The molecule has 0 aliphatic heterocycles. The molecule has 4 nitrogen and oxygen atoms in total. The lowest BCUT2D eigenvalue weighted by atomic mass is 10.0. The van der Waals surface area contributed by atoms with Crippen LogP contribution in [0.4, 0.5) is 0 Å². The fourth-order valence-electron chi connectivity index (χ4n) is 3.17. The number of benzene rings is 2. The van der Waals surface area contributed by atoms with Gasteiger partial charge in [0.25, 0.3) is 0 Å². The topological polar surface area (TPSA) is 71.8 Å². The van der Waals surface area contributed by atoms with Gasteiger partial charge in [-0.25, -0.2) is 4.98 Å². The SMILES string of the molecule is NC(=O)c1ccc(-c2c[nH]c3ncc(CCc4ccccc4)cc23)cc1. The molecule has 0 saturated carbocycles. The molecule has 4 aromatic rings. The van der Waals surface area contributed by atoms with E-state index in [0.29, 0.717) is 5.56 Å². The monoisotopic (exact) mass is 341 g/mol. The van der Waals surface area contributed by atoms with Gasteiger partial charge in [-0.2, -0.15) is 0 Å². The molecule has 0 fully saturated rings. The third-order valence-electron chi connectivity index (χ3n) is 4.61. The molecule has 2 aromatic carbocycles. The molecule has 0 spiro atoms. The van der Waals surface area contributed by atoms with Crippen molar-refractivity contribution in [2.24, 2.45) is 5.73 Å². The highest BCUT2D eigenvalue weighted by Crippen LogP contribution is 2.28. The number of carbonyl (C=O) groups excluding carboxylic acids is 1. The lowest BCUT2D eigenvalue weighted by Crippen LogP contribution is -2.10. The van der Waals surface area contributed by atoms with E-state index in [4.69, 9.17) is 5.73 Å². The number of nitrogens with two attached hydrogens (primary N) is 1. The van der Waals surface area contributed by atoms with Crippen molar-refractivity contribution >= 4 is 16.9 Å². The molecule has 0 bridgehead atoms. The summed E-state index contributed by atoms with van der Waals surface area (Å²) in [5.41, 5.74) is 11.3. The number of primary amides is 1. The Morgan fingerprint density at radius 2 is 1.69 bits per heavy atom. The van der Waals surface area contributed by atoms with Crippen molar-refractivity contribution in [3.8, 4) is 11.1 Å². The molecule has 0 unspecified atom stereocenters. The van der Waals surface area contributed by atoms with Gasteiger partial charge in [0.15, 0.2) is 0 Å². The van der Waals surface area contributed by atoms with Gasteiger partial charge in [-0.05, 0) is 47.7 Å². The number of amides is 1. The molecule has 2 aromatic heterocycles. The number of aryl methyl sites for hydroxylation is 2. The van der Waals surface area contributed by atoms with Crippen molar-refractivity contribution in [2.75, 3.05) is 0 Å². The van der Waals surface area contributed by atoms with Gasteiger partial charge in [-0.1, -0.05) is 42.5 Å². The zero-order valence-electron chi connectivity index (χ0n) is 14.3. The number of nitrogens with zero attached hydrogens (tertiary/aromatic N) is 1. The summed E-state index contributed by atoms with van der Waals surface area (Å²) in [5, 5.41) is 1.09. The predicted molar refractivity (Wildman–Crippen MR) is 104 cm³/mol. The summed E-state index contributed by atoms with van der Waals surface area (Å²) < 4.78 is 0. The van der Waals surface area contributed by atoms with E-state index in [0.717, 1.165) is 35.0 Å². The number of carbonyl (C=O) groups is 1. The maximum atomic E-state index is 11.3. The number of aromatic nitrogens is 2. The Morgan fingerprint density at radius 3 is 2.42 bits per heavy atom. The van der Waals surface area contributed by atoms with Gasteiger partial charge in [-0.15, -0.1) is 0 Å². The van der Waals surface area contributed by atoms with Gasteiger partial charge in [0.05, 0.1) is 0 Å². The van der Waals surface area contributed by atoms with E-state index in [9.17, 15) is 4.79 Å². The molecule has 3 N–H and O–H groups in total. The number of pyridine rings is 1. The van der Waals surface area contributed by atoms with Crippen LogP contribution in [0.1, 0.15) is 21.5 Å². The van der Waals surface area contributed by atoms with E-state index in [1.807, 2.05) is 30.6 Å². The fourth-order valence-corrected chi connectivity index (χ4v) is 3.17. The molecule has 0 aliphatic carbocycles. The highest BCUT2D eigenvalue weighted by atomic mass is 16.1. The first kappa shape index (κ1) is 16.1. The summed E-state index contributed by atoms with van der Waals surface area (Å²) in [6.45, 7) is 0. The van der Waals surface area contributed by atoms with Crippen LogP contribution in [0.15, 0.2) is 73.1 Å². The molecule has 0 atom stereocenters. The Morgan fingerprint density at radius 1 is 0.962 bits per heavy atom. The average Bonchev–Trinajstić information content (AvgIpc) is 3.10. The molecular weight excluding hydrogens is 322 g/mol. The molecule has 128 valence electrons. The number of hydrogen-bond donors (Lipinski definition) is 2. The Balaban J connectivity index is 1.63. The number of fused-ring (bicyclic) bond motifs is 1. The minimum Gasteiger partial charge on any atom is -0.366 e. The van der Waals surface area contributed by atoms with Gasteiger partial charge in [-0.3, -0.25) is 4.79 Å². The number of rotatable bonds is 5. The number of H-pyrrole nitrogens is 1. The molecular formula is C22H19N3O. The number of nitrogens with one attached hydrogen (secondary N) is 1. The Labute approximate surface area is 151 Å². The van der Waals surface area contributed by atoms with Crippen molar-refractivity contribution in [2.45, 2.75) is 12.8 Å². The standard InChI is InChI=1S/C22H19N3O/c23-21(26)18-10-8-17(9-11-18)20-14-25-22-19(20)12-16(13-24-22)7-6-15-4-2-1-3-5-15/h1-5,8-14H,6-7H2,(H2,23,26)(H,24,25). The Bertz CT molecular complexity index is 1050. The van der Waals surface area contributed by atoms with Gasteiger partial charge < -0.3 is 10.7 Å². The second kappa shape index (κ2) is 6.84.